The molecule has 1 aliphatic rings. The molecule has 2 unspecified atom stereocenters. The summed E-state index contributed by atoms with van der Waals surface area (Å²) in [6.07, 6.45) is 9.64. The van der Waals surface area contributed by atoms with Gasteiger partial charge in [0.25, 0.3) is 0 Å². The number of hydrogen-bond acceptors (Lipinski definition) is 3. The zero-order valence-corrected chi connectivity index (χ0v) is 11.7. The van der Waals surface area contributed by atoms with Crippen LogP contribution in [0.25, 0.3) is 0 Å². The van der Waals surface area contributed by atoms with Gasteiger partial charge in [0, 0.05) is 18.5 Å². The first kappa shape index (κ1) is 13.5. The maximum Gasteiger partial charge on any atom is 0.0728 e. The van der Waals surface area contributed by atoms with Gasteiger partial charge < -0.3 is 5.32 Å². The van der Waals surface area contributed by atoms with E-state index in [-0.39, 0.29) is 0 Å². The molecule has 4 heteroatoms. The van der Waals surface area contributed by atoms with Crippen LogP contribution in [0.15, 0.2) is 6.20 Å². The van der Waals surface area contributed by atoms with Crippen molar-refractivity contribution < 1.29 is 0 Å². The lowest BCUT2D eigenvalue weighted by atomic mass is 9.95. The molecule has 1 N–H and O–H groups in total. The predicted molar refractivity (Wildman–Crippen MR) is 73.6 cm³/mol. The van der Waals surface area contributed by atoms with Crippen LogP contribution in [0, 0.1) is 0 Å². The first-order valence-corrected chi connectivity index (χ1v) is 7.46. The third kappa shape index (κ3) is 3.31. The molecule has 0 spiro atoms. The van der Waals surface area contributed by atoms with Gasteiger partial charge in [-0.25, -0.2) is 4.68 Å². The normalized spacial score (nSPS) is 25.0. The van der Waals surface area contributed by atoms with Crippen LogP contribution in [0.2, 0.25) is 0 Å². The molecule has 18 heavy (non-hydrogen) atoms. The molecular weight excluding hydrogens is 224 g/mol. The highest BCUT2D eigenvalue weighted by molar-refractivity contribution is 5.05. The summed E-state index contributed by atoms with van der Waals surface area (Å²) in [5, 5.41) is 12.0. The molecule has 0 saturated heterocycles. The van der Waals surface area contributed by atoms with E-state index in [0.29, 0.717) is 12.0 Å². The van der Waals surface area contributed by atoms with E-state index in [0.717, 1.165) is 19.5 Å². The second kappa shape index (κ2) is 6.88. The van der Waals surface area contributed by atoms with Crippen LogP contribution in [0.1, 0.15) is 64.0 Å². The molecule has 1 fully saturated rings. The van der Waals surface area contributed by atoms with E-state index < -0.39 is 0 Å². The fourth-order valence-electron chi connectivity index (χ4n) is 3.07. The summed E-state index contributed by atoms with van der Waals surface area (Å²) in [4.78, 5) is 0. The third-order valence-corrected chi connectivity index (χ3v) is 3.92. The van der Waals surface area contributed by atoms with Gasteiger partial charge in [0.15, 0.2) is 0 Å². The van der Waals surface area contributed by atoms with Crippen molar-refractivity contribution in [2.24, 2.45) is 0 Å². The predicted octanol–water partition coefficient (Wildman–Crippen LogP) is 2.71. The molecule has 2 rings (SSSR count). The third-order valence-electron chi connectivity index (χ3n) is 3.92. The average molecular weight is 250 g/mol. The van der Waals surface area contributed by atoms with Gasteiger partial charge in [-0.2, -0.15) is 0 Å². The van der Waals surface area contributed by atoms with Crippen molar-refractivity contribution >= 4 is 0 Å². The van der Waals surface area contributed by atoms with Crippen molar-refractivity contribution in [2.45, 2.75) is 70.9 Å². The Morgan fingerprint density at radius 2 is 2.17 bits per heavy atom. The van der Waals surface area contributed by atoms with Gasteiger partial charge in [-0.15, -0.1) is 5.10 Å². The fourth-order valence-corrected chi connectivity index (χ4v) is 3.07. The minimum atomic E-state index is 0.637. The molecular formula is C14H26N4. The van der Waals surface area contributed by atoms with E-state index in [2.05, 4.69) is 34.2 Å². The smallest absolute Gasteiger partial charge is 0.0728 e. The summed E-state index contributed by atoms with van der Waals surface area (Å²) in [5.74, 6) is 0.637. The Bertz CT molecular complexity index is 347. The van der Waals surface area contributed by atoms with Gasteiger partial charge in [0.1, 0.15) is 0 Å². The summed E-state index contributed by atoms with van der Waals surface area (Å²) < 4.78 is 2.11. The van der Waals surface area contributed by atoms with Crippen molar-refractivity contribution in [3.05, 3.63) is 11.9 Å². The molecule has 1 aromatic heterocycles. The average Bonchev–Trinajstić information content (AvgIpc) is 2.69. The van der Waals surface area contributed by atoms with Crippen LogP contribution in [0.5, 0.6) is 0 Å². The second-order valence-corrected chi connectivity index (χ2v) is 5.35. The highest BCUT2D eigenvalue weighted by Gasteiger charge is 2.23. The maximum atomic E-state index is 4.23. The molecule has 2 atom stereocenters. The fraction of sp³-hybridized carbons (Fsp3) is 0.857. The highest BCUT2D eigenvalue weighted by Crippen LogP contribution is 2.31. The van der Waals surface area contributed by atoms with Crippen molar-refractivity contribution in [1.29, 1.82) is 0 Å². The molecule has 1 aromatic rings. The zero-order valence-electron chi connectivity index (χ0n) is 11.7. The quantitative estimate of drug-likeness (QED) is 0.817. The molecule has 0 amide bonds. The monoisotopic (exact) mass is 250 g/mol. The molecule has 0 aliphatic heterocycles. The largest absolute Gasteiger partial charge is 0.314 e. The number of hydrogen-bond donors (Lipinski definition) is 1. The Kier molecular flexibility index (Phi) is 5.17. The molecule has 1 aliphatic carbocycles. The summed E-state index contributed by atoms with van der Waals surface area (Å²) >= 11 is 0. The van der Waals surface area contributed by atoms with Crippen molar-refractivity contribution in [1.82, 2.24) is 20.3 Å². The van der Waals surface area contributed by atoms with Crippen LogP contribution >= 0.6 is 0 Å². The Balaban J connectivity index is 2.07. The number of nitrogens with zero attached hydrogens (tertiary/aromatic N) is 3. The number of nitrogens with one attached hydrogen (secondary N) is 1. The highest BCUT2D eigenvalue weighted by atomic mass is 15.4. The summed E-state index contributed by atoms with van der Waals surface area (Å²) in [6, 6.07) is 0.674. The van der Waals surface area contributed by atoms with Crippen LogP contribution in [-0.2, 0) is 6.54 Å². The minimum Gasteiger partial charge on any atom is -0.314 e. The standard InChI is InChI=1S/C14H26N4/c1-3-9-18-14(11-16-17-18)12-7-5-6-8-13(10-12)15-4-2/h11-13,15H,3-10H2,1-2H3. The molecule has 0 bridgehead atoms. The first-order valence-electron chi connectivity index (χ1n) is 7.46. The summed E-state index contributed by atoms with van der Waals surface area (Å²) in [7, 11) is 0. The zero-order chi connectivity index (χ0) is 12.8. The SMILES string of the molecule is CCCn1nncc1C1CCCCC(NCC)C1. The summed E-state index contributed by atoms with van der Waals surface area (Å²) in [5.41, 5.74) is 1.35. The van der Waals surface area contributed by atoms with Crippen molar-refractivity contribution in [3.8, 4) is 0 Å². The van der Waals surface area contributed by atoms with E-state index in [4.69, 9.17) is 0 Å². The second-order valence-electron chi connectivity index (χ2n) is 5.35. The van der Waals surface area contributed by atoms with Gasteiger partial charge in [0.05, 0.1) is 11.9 Å². The molecule has 1 heterocycles. The molecule has 0 radical (unpaired) electrons. The lowest BCUT2D eigenvalue weighted by Gasteiger charge is -2.21. The van der Waals surface area contributed by atoms with Crippen LogP contribution < -0.4 is 5.32 Å². The Morgan fingerprint density at radius 3 is 2.94 bits per heavy atom. The first-order chi connectivity index (χ1) is 8.85. The van der Waals surface area contributed by atoms with Gasteiger partial charge >= 0.3 is 0 Å². The van der Waals surface area contributed by atoms with Gasteiger partial charge in [-0.1, -0.05) is 31.9 Å². The van der Waals surface area contributed by atoms with Gasteiger partial charge in [0.2, 0.25) is 0 Å². The molecule has 1 saturated carbocycles. The summed E-state index contributed by atoms with van der Waals surface area (Å²) in [6.45, 7) is 6.46. The number of rotatable bonds is 5. The lowest BCUT2D eigenvalue weighted by Crippen LogP contribution is -2.29. The topological polar surface area (TPSA) is 42.7 Å². The van der Waals surface area contributed by atoms with E-state index >= 15 is 0 Å². The number of aromatic nitrogens is 3. The van der Waals surface area contributed by atoms with Crippen molar-refractivity contribution in [2.75, 3.05) is 6.54 Å². The van der Waals surface area contributed by atoms with E-state index in [1.807, 2.05) is 6.20 Å². The van der Waals surface area contributed by atoms with Crippen LogP contribution in [0.3, 0.4) is 0 Å². The molecule has 0 aromatic carbocycles. The molecule has 102 valence electrons. The number of aryl methyl sites for hydroxylation is 1. The van der Waals surface area contributed by atoms with Crippen molar-refractivity contribution in [3.63, 3.8) is 0 Å². The van der Waals surface area contributed by atoms with Crippen LogP contribution in [-0.4, -0.2) is 27.6 Å². The van der Waals surface area contributed by atoms with Gasteiger partial charge in [-0.3, -0.25) is 0 Å². The Hall–Kier alpha value is -0.900. The minimum absolute atomic E-state index is 0.637. The van der Waals surface area contributed by atoms with E-state index in [1.54, 1.807) is 0 Å². The van der Waals surface area contributed by atoms with Crippen LogP contribution in [0.4, 0.5) is 0 Å². The van der Waals surface area contributed by atoms with E-state index in [1.165, 1.54) is 37.8 Å². The molecule has 4 nitrogen and oxygen atoms in total. The lowest BCUT2D eigenvalue weighted by molar-refractivity contribution is 0.429. The van der Waals surface area contributed by atoms with Gasteiger partial charge in [-0.05, 0) is 32.2 Å². The Labute approximate surface area is 110 Å². The maximum absolute atomic E-state index is 4.23. The van der Waals surface area contributed by atoms with E-state index in [9.17, 15) is 0 Å². The Morgan fingerprint density at radius 1 is 1.33 bits per heavy atom.